The third-order valence-corrected chi connectivity index (χ3v) is 7.40. The molecule has 0 amide bonds. The van der Waals surface area contributed by atoms with Gasteiger partial charge >= 0.3 is 0 Å². The van der Waals surface area contributed by atoms with E-state index in [1.807, 2.05) is 37.3 Å². The second kappa shape index (κ2) is 7.36. The minimum atomic E-state index is -1.42. The Balaban J connectivity index is 1.29. The predicted molar refractivity (Wildman–Crippen MR) is 125 cm³/mol. The maximum atomic E-state index is 11.3. The first-order chi connectivity index (χ1) is 15.8. The van der Waals surface area contributed by atoms with Gasteiger partial charge in [-0.2, -0.15) is 0 Å². The van der Waals surface area contributed by atoms with Crippen molar-refractivity contribution in [2.24, 2.45) is 0 Å². The highest BCUT2D eigenvalue weighted by molar-refractivity contribution is 9.10. The number of nitrogen functional groups attached to an aromatic ring is 1. The van der Waals surface area contributed by atoms with E-state index >= 15 is 0 Å². The van der Waals surface area contributed by atoms with Crippen LogP contribution in [-0.4, -0.2) is 53.6 Å². The fourth-order valence-electron chi connectivity index (χ4n) is 5.01. The number of benzene rings is 1. The van der Waals surface area contributed by atoms with Crippen LogP contribution in [0.25, 0.3) is 21.9 Å². The highest BCUT2D eigenvalue weighted by atomic mass is 79.9. The molecule has 2 fully saturated rings. The summed E-state index contributed by atoms with van der Waals surface area (Å²) in [6.45, 7) is 1.90. The van der Waals surface area contributed by atoms with Gasteiger partial charge in [0.1, 0.15) is 47.5 Å². The molecule has 4 aromatic rings. The first-order valence-corrected chi connectivity index (χ1v) is 11.5. The fraction of sp³-hybridized carbons (Fsp3) is 0.348. The summed E-state index contributed by atoms with van der Waals surface area (Å²) in [4.78, 5) is 13.0. The summed E-state index contributed by atoms with van der Waals surface area (Å²) in [5.41, 5.74) is 6.70. The number of aliphatic hydroxyl groups excluding tert-OH is 1. The number of rotatable bonds is 3. The van der Waals surface area contributed by atoms with Crippen molar-refractivity contribution in [2.75, 3.05) is 5.73 Å². The number of ether oxygens (including phenoxy) is 2. The molecule has 1 aromatic carbocycles. The number of fused-ring (bicyclic) bond motifs is 3. The Labute approximate surface area is 197 Å². The van der Waals surface area contributed by atoms with Crippen molar-refractivity contribution < 1.29 is 19.7 Å². The van der Waals surface area contributed by atoms with Crippen LogP contribution in [0.1, 0.15) is 24.8 Å². The minimum absolute atomic E-state index is 0.360. The summed E-state index contributed by atoms with van der Waals surface area (Å²) < 4.78 is 15.0. The molecule has 6 rings (SSSR count). The molecule has 1 aliphatic carbocycles. The Morgan fingerprint density at radius 3 is 2.97 bits per heavy atom. The number of anilines is 1. The van der Waals surface area contributed by atoms with E-state index in [1.165, 1.54) is 6.33 Å². The molecule has 0 unspecified atom stereocenters. The van der Waals surface area contributed by atoms with E-state index in [2.05, 4.69) is 30.9 Å². The van der Waals surface area contributed by atoms with Crippen molar-refractivity contribution in [1.29, 1.82) is 0 Å². The zero-order valence-corrected chi connectivity index (χ0v) is 19.3. The van der Waals surface area contributed by atoms with Gasteiger partial charge in [0.05, 0.1) is 15.7 Å². The second-order valence-electron chi connectivity index (χ2n) is 8.71. The van der Waals surface area contributed by atoms with Crippen molar-refractivity contribution >= 4 is 43.7 Å². The summed E-state index contributed by atoms with van der Waals surface area (Å²) in [5.74, 6) is 1.00. The molecule has 0 spiro atoms. The molecule has 2 aliphatic rings. The van der Waals surface area contributed by atoms with Crippen LogP contribution in [0.2, 0.25) is 0 Å². The number of nitrogens with two attached hydrogens (primary N) is 1. The van der Waals surface area contributed by atoms with Gasteiger partial charge in [-0.1, -0.05) is 0 Å². The van der Waals surface area contributed by atoms with E-state index in [0.717, 1.165) is 20.9 Å². The molecule has 10 heteroatoms. The van der Waals surface area contributed by atoms with Crippen LogP contribution in [-0.2, 0) is 4.74 Å². The van der Waals surface area contributed by atoms with Gasteiger partial charge in [0.2, 0.25) is 0 Å². The smallest absolute Gasteiger partial charge is 0.164 e. The van der Waals surface area contributed by atoms with Crippen LogP contribution >= 0.6 is 15.9 Å². The van der Waals surface area contributed by atoms with E-state index in [1.54, 1.807) is 10.8 Å². The molecule has 33 heavy (non-hydrogen) atoms. The number of nitrogens with zero attached hydrogens (tertiary/aromatic N) is 4. The molecular weight excluding hydrogens is 490 g/mol. The van der Waals surface area contributed by atoms with Crippen LogP contribution < -0.4 is 10.5 Å². The summed E-state index contributed by atoms with van der Waals surface area (Å²) in [5, 5.41) is 24.2. The molecule has 4 heterocycles. The zero-order valence-electron chi connectivity index (χ0n) is 17.7. The molecule has 9 nitrogen and oxygen atoms in total. The topological polar surface area (TPSA) is 129 Å². The third kappa shape index (κ3) is 3.12. The highest BCUT2D eigenvalue weighted by Gasteiger charge is 2.62. The standard InChI is InChI=1S/C23H22BrN5O4/c1-11-14-5-7-29(21(14)27-10-26-11)22-18(30)23(31)6-4-17(19(23)33-22)32-13-3-2-12-8-15(24)20(25)28-16(12)9-13/h2-3,5,7-10,17-19,22,30-31H,4,6H2,1H3,(H2,25,28)/t17-,18+,19-,22-,23+/m1/s1. The fourth-order valence-corrected chi connectivity index (χ4v) is 5.34. The lowest BCUT2D eigenvalue weighted by molar-refractivity contribution is -0.0791. The number of hydrogen-bond donors (Lipinski definition) is 3. The van der Waals surface area contributed by atoms with Crippen molar-refractivity contribution in [2.45, 2.75) is 49.9 Å². The quantitative estimate of drug-likeness (QED) is 0.382. The van der Waals surface area contributed by atoms with Gasteiger partial charge in [-0.15, -0.1) is 0 Å². The number of aliphatic hydroxyl groups is 2. The Morgan fingerprint density at radius 2 is 2.12 bits per heavy atom. The Morgan fingerprint density at radius 1 is 1.27 bits per heavy atom. The van der Waals surface area contributed by atoms with Gasteiger partial charge in [0.15, 0.2) is 6.23 Å². The van der Waals surface area contributed by atoms with E-state index < -0.39 is 30.1 Å². The molecular formula is C23H22BrN5O4. The summed E-state index contributed by atoms with van der Waals surface area (Å²) >= 11 is 3.39. The van der Waals surface area contributed by atoms with Gasteiger partial charge in [0.25, 0.3) is 0 Å². The average Bonchev–Trinajstić information content (AvgIpc) is 3.42. The number of aromatic nitrogens is 4. The van der Waals surface area contributed by atoms with E-state index in [-0.39, 0.29) is 0 Å². The van der Waals surface area contributed by atoms with E-state index in [4.69, 9.17) is 15.2 Å². The van der Waals surface area contributed by atoms with Gasteiger partial charge < -0.3 is 30.0 Å². The predicted octanol–water partition coefficient (Wildman–Crippen LogP) is 2.86. The maximum absolute atomic E-state index is 11.3. The molecule has 3 aromatic heterocycles. The average molecular weight is 512 g/mol. The van der Waals surface area contributed by atoms with Gasteiger partial charge in [-0.25, -0.2) is 15.0 Å². The van der Waals surface area contributed by atoms with Crippen molar-refractivity contribution in [1.82, 2.24) is 19.5 Å². The number of pyridine rings is 1. The van der Waals surface area contributed by atoms with Gasteiger partial charge in [-0.3, -0.25) is 0 Å². The Kier molecular flexibility index (Phi) is 4.64. The number of aryl methyl sites for hydroxylation is 1. The SMILES string of the molecule is Cc1ncnc2c1ccn2[C@@H]1O[C@@H]2[C@H](Oc3ccc4cc(Br)c(N)nc4c3)CC[C@]2(O)[C@H]1O. The number of halogens is 1. The van der Waals surface area contributed by atoms with E-state index in [0.29, 0.717) is 35.6 Å². The Bertz CT molecular complexity index is 1390. The molecule has 1 aliphatic heterocycles. The van der Waals surface area contributed by atoms with Gasteiger partial charge in [-0.05, 0) is 60.0 Å². The van der Waals surface area contributed by atoms with Crippen LogP contribution in [0.15, 0.2) is 47.3 Å². The third-order valence-electron chi connectivity index (χ3n) is 6.77. The summed E-state index contributed by atoms with van der Waals surface area (Å²) in [7, 11) is 0. The second-order valence-corrected chi connectivity index (χ2v) is 9.56. The van der Waals surface area contributed by atoms with Crippen LogP contribution in [0.3, 0.4) is 0 Å². The molecule has 1 saturated heterocycles. The normalized spacial score (nSPS) is 29.1. The lowest BCUT2D eigenvalue weighted by Gasteiger charge is -2.26. The molecule has 5 atom stereocenters. The van der Waals surface area contributed by atoms with Crippen molar-refractivity contribution in [3.63, 3.8) is 0 Å². The first kappa shape index (κ1) is 20.8. The molecule has 4 N–H and O–H groups in total. The summed E-state index contributed by atoms with van der Waals surface area (Å²) in [6, 6.07) is 9.37. The van der Waals surface area contributed by atoms with Crippen LogP contribution in [0.5, 0.6) is 5.75 Å². The molecule has 170 valence electrons. The highest BCUT2D eigenvalue weighted by Crippen LogP contribution is 2.48. The monoisotopic (exact) mass is 511 g/mol. The summed E-state index contributed by atoms with van der Waals surface area (Å²) in [6.07, 6.45) is 1.15. The minimum Gasteiger partial charge on any atom is -0.488 e. The van der Waals surface area contributed by atoms with Crippen LogP contribution in [0, 0.1) is 6.92 Å². The molecule has 0 bridgehead atoms. The van der Waals surface area contributed by atoms with Crippen molar-refractivity contribution in [3.8, 4) is 5.75 Å². The first-order valence-electron chi connectivity index (χ1n) is 10.7. The van der Waals surface area contributed by atoms with Gasteiger partial charge in [0, 0.05) is 23.0 Å². The van der Waals surface area contributed by atoms with Crippen LogP contribution in [0.4, 0.5) is 5.82 Å². The lowest BCUT2D eigenvalue weighted by atomic mass is 9.94. The van der Waals surface area contributed by atoms with Crippen molar-refractivity contribution in [3.05, 3.63) is 53.0 Å². The molecule has 0 radical (unpaired) electrons. The largest absolute Gasteiger partial charge is 0.488 e. The number of hydrogen-bond acceptors (Lipinski definition) is 8. The lowest BCUT2D eigenvalue weighted by Crippen LogP contribution is -2.47. The molecule has 1 saturated carbocycles. The Hall–Kier alpha value is -2.79. The zero-order chi connectivity index (χ0) is 22.9. The van der Waals surface area contributed by atoms with E-state index in [9.17, 15) is 10.2 Å². The maximum Gasteiger partial charge on any atom is 0.164 e.